The molecule has 2 nitrogen and oxygen atoms in total. The molecule has 2 rings (SSSR count). The van der Waals surface area contributed by atoms with Crippen molar-refractivity contribution < 1.29 is 4.74 Å². The van der Waals surface area contributed by atoms with Gasteiger partial charge in [0.05, 0.1) is 13.2 Å². The first-order valence-electron chi connectivity index (χ1n) is 6.20. The Labute approximate surface area is 93.8 Å². The van der Waals surface area contributed by atoms with Gasteiger partial charge in [-0.2, -0.15) is 0 Å². The van der Waals surface area contributed by atoms with E-state index in [4.69, 9.17) is 4.74 Å². The van der Waals surface area contributed by atoms with E-state index in [1.54, 1.807) is 0 Å². The lowest BCUT2D eigenvalue weighted by molar-refractivity contribution is -0.258. The van der Waals surface area contributed by atoms with Crippen LogP contribution in [0.1, 0.15) is 40.0 Å². The molecule has 0 amide bonds. The Hall–Kier alpha value is -0.0800. The van der Waals surface area contributed by atoms with Gasteiger partial charge in [0.2, 0.25) is 0 Å². The minimum absolute atomic E-state index is 0.364. The van der Waals surface area contributed by atoms with Crippen LogP contribution in [0.25, 0.3) is 0 Å². The number of ether oxygens (including phenoxy) is 1. The lowest BCUT2D eigenvalue weighted by Crippen LogP contribution is -2.66. The first kappa shape index (κ1) is 11.4. The summed E-state index contributed by atoms with van der Waals surface area (Å²) >= 11 is 0. The smallest absolute Gasteiger partial charge is 0.0555 e. The van der Waals surface area contributed by atoms with Crippen LogP contribution >= 0.6 is 0 Å². The molecule has 1 N–H and O–H groups in total. The zero-order chi connectivity index (χ0) is 11.2. The van der Waals surface area contributed by atoms with E-state index in [9.17, 15) is 0 Å². The van der Waals surface area contributed by atoms with Gasteiger partial charge in [-0.05, 0) is 30.7 Å². The molecule has 1 aliphatic heterocycles. The van der Waals surface area contributed by atoms with Gasteiger partial charge in [-0.1, -0.05) is 27.2 Å². The van der Waals surface area contributed by atoms with Gasteiger partial charge >= 0.3 is 0 Å². The lowest BCUT2D eigenvalue weighted by Gasteiger charge is -2.65. The van der Waals surface area contributed by atoms with E-state index in [1.165, 1.54) is 19.3 Å². The van der Waals surface area contributed by atoms with E-state index < -0.39 is 0 Å². The molecule has 2 fully saturated rings. The highest BCUT2D eigenvalue weighted by Gasteiger charge is 2.63. The fourth-order valence-corrected chi connectivity index (χ4v) is 3.61. The minimum atomic E-state index is 0.364. The van der Waals surface area contributed by atoms with Crippen molar-refractivity contribution in [2.75, 3.05) is 26.8 Å². The van der Waals surface area contributed by atoms with Crippen molar-refractivity contribution in [3.8, 4) is 0 Å². The number of nitrogens with one attached hydrogen (secondary N) is 1. The van der Waals surface area contributed by atoms with E-state index >= 15 is 0 Å². The van der Waals surface area contributed by atoms with Crippen molar-refractivity contribution in [2.45, 2.75) is 40.0 Å². The van der Waals surface area contributed by atoms with Gasteiger partial charge in [-0.25, -0.2) is 0 Å². The Bertz CT molecular complexity index is 233. The quantitative estimate of drug-likeness (QED) is 0.774. The molecule has 0 spiro atoms. The molecule has 0 bridgehead atoms. The molecule has 0 aromatic heterocycles. The highest BCUT2D eigenvalue weighted by molar-refractivity contribution is 5.11. The average Bonchev–Trinajstić information content (AvgIpc) is 1.94. The van der Waals surface area contributed by atoms with Gasteiger partial charge in [0.15, 0.2) is 0 Å². The maximum atomic E-state index is 5.57. The molecule has 88 valence electrons. The maximum Gasteiger partial charge on any atom is 0.0555 e. The topological polar surface area (TPSA) is 21.3 Å². The highest BCUT2D eigenvalue weighted by Crippen LogP contribution is 2.64. The second kappa shape index (κ2) is 3.46. The number of hydrogen-bond donors (Lipinski definition) is 1. The van der Waals surface area contributed by atoms with Crippen molar-refractivity contribution in [1.29, 1.82) is 0 Å². The van der Waals surface area contributed by atoms with Gasteiger partial charge in [-0.15, -0.1) is 0 Å². The van der Waals surface area contributed by atoms with Crippen LogP contribution in [0.5, 0.6) is 0 Å². The molecule has 0 radical (unpaired) electrons. The third kappa shape index (κ3) is 1.38. The molecule has 1 saturated heterocycles. The average molecular weight is 211 g/mol. The normalized spacial score (nSPS) is 28.0. The molecule has 0 aromatic carbocycles. The Morgan fingerprint density at radius 1 is 1.20 bits per heavy atom. The monoisotopic (exact) mass is 211 g/mol. The SMILES string of the molecule is CNCC1(C2(C(C)(C)C)COC2)CCC1. The second-order valence-electron chi connectivity index (χ2n) is 6.49. The fraction of sp³-hybridized carbons (Fsp3) is 1.00. The molecule has 1 aliphatic carbocycles. The summed E-state index contributed by atoms with van der Waals surface area (Å²) in [5, 5.41) is 3.40. The van der Waals surface area contributed by atoms with E-state index in [1.807, 2.05) is 0 Å². The van der Waals surface area contributed by atoms with Crippen molar-refractivity contribution in [2.24, 2.45) is 16.2 Å². The number of hydrogen-bond acceptors (Lipinski definition) is 2. The highest BCUT2D eigenvalue weighted by atomic mass is 16.5. The summed E-state index contributed by atoms with van der Waals surface area (Å²) in [5.41, 5.74) is 1.29. The van der Waals surface area contributed by atoms with Crippen molar-refractivity contribution in [3.63, 3.8) is 0 Å². The standard InChI is InChI=1S/C13H25NO/c1-11(2,3)13(9-15-10-13)12(8-14-4)6-5-7-12/h14H,5-10H2,1-4H3. The van der Waals surface area contributed by atoms with E-state index in [-0.39, 0.29) is 0 Å². The third-order valence-electron chi connectivity index (χ3n) is 4.97. The van der Waals surface area contributed by atoms with Gasteiger partial charge in [0.25, 0.3) is 0 Å². The summed E-state index contributed by atoms with van der Waals surface area (Å²) in [6.45, 7) is 10.2. The largest absolute Gasteiger partial charge is 0.380 e. The van der Waals surface area contributed by atoms with Gasteiger partial charge in [0.1, 0.15) is 0 Å². The van der Waals surface area contributed by atoms with Gasteiger partial charge in [0, 0.05) is 12.0 Å². The van der Waals surface area contributed by atoms with Crippen LogP contribution in [-0.2, 0) is 4.74 Å². The zero-order valence-electron chi connectivity index (χ0n) is 10.7. The van der Waals surface area contributed by atoms with E-state index in [2.05, 4.69) is 33.1 Å². The van der Waals surface area contributed by atoms with Crippen LogP contribution in [0.4, 0.5) is 0 Å². The third-order valence-corrected chi connectivity index (χ3v) is 4.97. The van der Waals surface area contributed by atoms with Gasteiger partial charge in [-0.3, -0.25) is 0 Å². The summed E-state index contributed by atoms with van der Waals surface area (Å²) in [7, 11) is 2.08. The summed E-state index contributed by atoms with van der Waals surface area (Å²) < 4.78 is 5.57. The van der Waals surface area contributed by atoms with Gasteiger partial charge < -0.3 is 10.1 Å². The summed E-state index contributed by atoms with van der Waals surface area (Å²) in [6.07, 6.45) is 4.17. The molecule has 1 saturated carbocycles. The van der Waals surface area contributed by atoms with E-state index in [0.717, 1.165) is 19.8 Å². The molecular weight excluding hydrogens is 186 g/mol. The first-order chi connectivity index (χ1) is 6.97. The zero-order valence-corrected chi connectivity index (χ0v) is 10.7. The molecule has 2 aliphatic rings. The Balaban J connectivity index is 2.24. The molecular formula is C13H25NO. The molecule has 15 heavy (non-hydrogen) atoms. The molecule has 1 heterocycles. The second-order valence-corrected chi connectivity index (χ2v) is 6.49. The minimum Gasteiger partial charge on any atom is -0.380 e. The maximum absolute atomic E-state index is 5.57. The molecule has 0 aromatic rings. The Kier molecular flexibility index (Phi) is 2.63. The van der Waals surface area contributed by atoms with Crippen molar-refractivity contribution >= 4 is 0 Å². The molecule has 0 atom stereocenters. The van der Waals surface area contributed by atoms with Crippen LogP contribution in [0.3, 0.4) is 0 Å². The summed E-state index contributed by atoms with van der Waals surface area (Å²) in [5.74, 6) is 0. The Morgan fingerprint density at radius 3 is 2.00 bits per heavy atom. The van der Waals surface area contributed by atoms with Crippen LogP contribution in [0.2, 0.25) is 0 Å². The number of rotatable bonds is 3. The van der Waals surface area contributed by atoms with E-state index in [0.29, 0.717) is 16.2 Å². The van der Waals surface area contributed by atoms with Crippen molar-refractivity contribution in [3.05, 3.63) is 0 Å². The lowest BCUT2D eigenvalue weighted by atomic mass is 9.44. The van der Waals surface area contributed by atoms with Crippen LogP contribution in [0, 0.1) is 16.2 Å². The first-order valence-corrected chi connectivity index (χ1v) is 6.20. The summed E-state index contributed by atoms with van der Waals surface area (Å²) in [6, 6.07) is 0. The van der Waals surface area contributed by atoms with Crippen LogP contribution in [0.15, 0.2) is 0 Å². The van der Waals surface area contributed by atoms with Crippen molar-refractivity contribution in [1.82, 2.24) is 5.32 Å². The molecule has 0 unspecified atom stereocenters. The fourth-order valence-electron chi connectivity index (χ4n) is 3.61. The molecule has 2 heteroatoms. The predicted octanol–water partition coefficient (Wildman–Crippen LogP) is 2.44. The predicted molar refractivity (Wildman–Crippen MR) is 62.9 cm³/mol. The summed E-state index contributed by atoms with van der Waals surface area (Å²) in [4.78, 5) is 0. The van der Waals surface area contributed by atoms with Crippen LogP contribution < -0.4 is 5.32 Å². The van der Waals surface area contributed by atoms with Crippen LogP contribution in [-0.4, -0.2) is 26.8 Å². The Morgan fingerprint density at radius 2 is 1.80 bits per heavy atom.